The Kier molecular flexibility index (Phi) is 6.64. The number of amides is 1. The summed E-state index contributed by atoms with van der Waals surface area (Å²) in [5, 5.41) is 7.29. The van der Waals surface area contributed by atoms with E-state index in [0.29, 0.717) is 10.6 Å². The van der Waals surface area contributed by atoms with Gasteiger partial charge in [-0.05, 0) is 48.9 Å². The largest absolute Gasteiger partial charge is 0.338 e. The Bertz CT molecular complexity index is 997. The summed E-state index contributed by atoms with van der Waals surface area (Å²) in [7, 11) is -4.74. The normalized spacial score (nSPS) is 14.1. The fraction of sp³-hybridized carbons (Fsp3) is 0.200. The molecular weight excluding hydrogens is 416 g/mol. The first-order valence-corrected chi connectivity index (χ1v) is 11.0. The maximum atomic E-state index is 13.1. The predicted molar refractivity (Wildman–Crippen MR) is 112 cm³/mol. The predicted octanol–water partition coefficient (Wildman–Crippen LogP) is 3.65. The van der Waals surface area contributed by atoms with Crippen LogP contribution in [0.5, 0.6) is 0 Å². The van der Waals surface area contributed by atoms with Crippen LogP contribution in [0.2, 0.25) is 5.02 Å². The van der Waals surface area contributed by atoms with E-state index in [2.05, 4.69) is 0 Å². The van der Waals surface area contributed by atoms with Gasteiger partial charge in [-0.15, -0.1) is 0 Å². The molecule has 2 aromatic carbocycles. The number of hydrogen-bond donors (Lipinski definition) is 2. The van der Waals surface area contributed by atoms with Crippen LogP contribution in [0.15, 0.2) is 64.4 Å². The quantitative estimate of drug-likeness (QED) is 0.692. The van der Waals surface area contributed by atoms with Crippen molar-refractivity contribution in [2.45, 2.75) is 36.6 Å². The Balaban J connectivity index is 2.24. The van der Waals surface area contributed by atoms with Gasteiger partial charge in [-0.1, -0.05) is 45.4 Å². The highest BCUT2D eigenvalue weighted by Crippen LogP contribution is 2.35. The van der Waals surface area contributed by atoms with Crippen LogP contribution < -0.4 is 5.14 Å². The van der Waals surface area contributed by atoms with Crippen molar-refractivity contribution in [3.05, 3.63) is 65.2 Å². The van der Waals surface area contributed by atoms with Crippen molar-refractivity contribution < 1.29 is 23.2 Å². The molecule has 1 atom stereocenters. The highest BCUT2D eigenvalue weighted by atomic mass is 35.5. The van der Waals surface area contributed by atoms with Gasteiger partial charge in [-0.25, -0.2) is 5.14 Å². The van der Waals surface area contributed by atoms with Gasteiger partial charge < -0.3 is 4.84 Å². The topological polar surface area (TPSA) is 110 Å². The number of hydrogen-bond acceptors (Lipinski definition) is 4. The summed E-state index contributed by atoms with van der Waals surface area (Å²) < 4.78 is 23.8. The molecule has 156 valence electrons. The number of carbonyl (C=O) groups excluding carboxylic acids is 2. The molecule has 0 heterocycles. The minimum absolute atomic E-state index is 0.0554. The van der Waals surface area contributed by atoms with Gasteiger partial charge in [0.2, 0.25) is 0 Å². The third-order valence-electron chi connectivity index (χ3n) is 4.08. The Morgan fingerprint density at radius 1 is 1.10 bits per heavy atom. The second-order valence-electron chi connectivity index (χ2n) is 6.51. The number of rotatable bonds is 5. The highest BCUT2D eigenvalue weighted by Gasteiger charge is 2.27. The van der Waals surface area contributed by atoms with Crippen LogP contribution in [0.4, 0.5) is 0 Å². The molecule has 0 aliphatic rings. The van der Waals surface area contributed by atoms with E-state index in [1.807, 2.05) is 0 Å². The molecule has 2 rings (SSSR count). The molecule has 2 aromatic rings. The number of nitrogens with zero attached hydrogens (tertiary/aromatic N) is 1. The lowest BCUT2D eigenvalue weighted by Crippen LogP contribution is -2.42. The number of benzene rings is 2. The van der Waals surface area contributed by atoms with Crippen molar-refractivity contribution in [3.8, 4) is 0 Å². The summed E-state index contributed by atoms with van der Waals surface area (Å²) in [6, 6.07) is 11.5. The molecule has 0 spiro atoms. The lowest BCUT2D eigenvalue weighted by Gasteiger charge is -2.39. The van der Waals surface area contributed by atoms with E-state index in [9.17, 15) is 18.4 Å². The van der Waals surface area contributed by atoms with Crippen LogP contribution in [-0.4, -0.2) is 31.7 Å². The Morgan fingerprint density at radius 3 is 2.03 bits per heavy atom. The van der Waals surface area contributed by atoms with Gasteiger partial charge in [0, 0.05) is 18.9 Å². The second kappa shape index (κ2) is 8.46. The molecule has 9 heteroatoms. The summed E-state index contributed by atoms with van der Waals surface area (Å²) in [5.74, 6) is -1.01. The smallest absolute Gasteiger partial charge is 0.329 e. The van der Waals surface area contributed by atoms with Gasteiger partial charge in [0.05, 0.1) is 15.8 Å². The van der Waals surface area contributed by atoms with E-state index in [1.54, 1.807) is 31.2 Å². The van der Waals surface area contributed by atoms with Crippen molar-refractivity contribution in [1.82, 2.24) is 5.06 Å². The van der Waals surface area contributed by atoms with Crippen LogP contribution in [0.3, 0.4) is 0 Å². The van der Waals surface area contributed by atoms with Crippen molar-refractivity contribution in [1.29, 1.82) is 0 Å². The lowest BCUT2D eigenvalue weighted by atomic mass is 10.2. The number of hydroxylamine groups is 2. The fourth-order valence-corrected chi connectivity index (χ4v) is 4.30. The standard InChI is InChI=1S/C20H23ClN2O5S/c1-14(23(15(2)24)28-16(3)25)4-5-17-6-10-19(11-7-17)29(22,26,27)20-12-8-18(21)9-13-20/h4-14H,1-3H3,(H3,22,26,27). The van der Waals surface area contributed by atoms with Crippen molar-refractivity contribution in [2.24, 2.45) is 5.14 Å². The summed E-state index contributed by atoms with van der Waals surface area (Å²) >= 11 is 5.83. The van der Waals surface area contributed by atoms with Crippen LogP contribution in [-0.2, 0) is 24.0 Å². The zero-order valence-corrected chi connectivity index (χ0v) is 17.8. The number of nitrogens with two attached hydrogens (primary N) is 1. The molecule has 0 aliphatic carbocycles. The van der Waals surface area contributed by atoms with Crippen LogP contribution in [0.25, 0.3) is 6.08 Å². The van der Waals surface area contributed by atoms with Gasteiger partial charge in [0.15, 0.2) is 0 Å². The molecule has 0 saturated heterocycles. The zero-order chi connectivity index (χ0) is 21.8. The molecule has 0 aliphatic heterocycles. The molecule has 0 saturated carbocycles. The van der Waals surface area contributed by atoms with Gasteiger partial charge in [-0.3, -0.25) is 14.1 Å². The molecular formula is C20H23ClN2O5S. The van der Waals surface area contributed by atoms with Gasteiger partial charge in [0.25, 0.3) is 5.91 Å². The SMILES string of the molecule is CC(=O)ON(C(C)=O)C(C)C=Cc1ccc(S(N)(=O)(O)c2ccc(Cl)cc2)cc1. The third kappa shape index (κ3) is 5.51. The lowest BCUT2D eigenvalue weighted by molar-refractivity contribution is -0.199. The van der Waals surface area contributed by atoms with Crippen molar-refractivity contribution in [3.63, 3.8) is 0 Å². The molecule has 1 amide bonds. The van der Waals surface area contributed by atoms with Gasteiger partial charge in [-0.2, -0.15) is 9.27 Å². The molecule has 7 nitrogen and oxygen atoms in total. The average Bonchev–Trinajstić information content (AvgIpc) is 2.64. The minimum Gasteiger partial charge on any atom is -0.338 e. The van der Waals surface area contributed by atoms with E-state index < -0.39 is 27.5 Å². The van der Waals surface area contributed by atoms with Crippen LogP contribution >= 0.6 is 11.6 Å². The second-order valence-corrected chi connectivity index (χ2v) is 9.82. The van der Waals surface area contributed by atoms with E-state index in [4.69, 9.17) is 21.6 Å². The molecule has 0 fully saturated rings. The van der Waals surface area contributed by atoms with E-state index in [1.165, 1.54) is 50.2 Å². The fourth-order valence-electron chi connectivity index (χ4n) is 2.58. The molecule has 0 radical (unpaired) electrons. The van der Waals surface area contributed by atoms with Crippen LogP contribution in [0.1, 0.15) is 26.3 Å². The van der Waals surface area contributed by atoms with E-state index in [-0.39, 0.29) is 9.79 Å². The van der Waals surface area contributed by atoms with Crippen molar-refractivity contribution >= 4 is 39.1 Å². The van der Waals surface area contributed by atoms with Gasteiger partial charge >= 0.3 is 5.97 Å². The maximum absolute atomic E-state index is 13.1. The van der Waals surface area contributed by atoms with E-state index >= 15 is 0 Å². The summed E-state index contributed by atoms with van der Waals surface area (Å²) in [4.78, 5) is 27.7. The first-order valence-electron chi connectivity index (χ1n) is 8.63. The monoisotopic (exact) mass is 438 g/mol. The molecule has 1 unspecified atom stereocenters. The van der Waals surface area contributed by atoms with Crippen molar-refractivity contribution in [2.75, 3.05) is 0 Å². The summed E-state index contributed by atoms with van der Waals surface area (Å²) in [6.45, 7) is 4.19. The van der Waals surface area contributed by atoms with Gasteiger partial charge in [0.1, 0.15) is 0 Å². The number of carbonyl (C=O) groups is 2. The molecule has 0 bridgehead atoms. The summed E-state index contributed by atoms with van der Waals surface area (Å²) in [6.07, 6.45) is 3.36. The minimum atomic E-state index is -4.74. The first kappa shape index (κ1) is 22.8. The summed E-state index contributed by atoms with van der Waals surface area (Å²) in [5.41, 5.74) is 0.700. The third-order valence-corrected chi connectivity index (χ3v) is 6.70. The average molecular weight is 439 g/mol. The first-order chi connectivity index (χ1) is 13.4. The van der Waals surface area contributed by atoms with E-state index in [0.717, 1.165) is 5.06 Å². The Labute approximate surface area is 174 Å². The highest BCUT2D eigenvalue weighted by molar-refractivity contribution is 8.13. The maximum Gasteiger partial charge on any atom is 0.329 e. The zero-order valence-electron chi connectivity index (χ0n) is 16.2. The Hall–Kier alpha value is -2.52. The Morgan fingerprint density at radius 2 is 1.59 bits per heavy atom. The molecule has 29 heavy (non-hydrogen) atoms. The molecule has 0 aromatic heterocycles. The number of halogens is 1. The molecule has 3 N–H and O–H groups in total. The van der Waals surface area contributed by atoms with Crippen LogP contribution in [0, 0.1) is 0 Å².